The van der Waals surface area contributed by atoms with Gasteiger partial charge in [0.15, 0.2) is 0 Å². The summed E-state index contributed by atoms with van der Waals surface area (Å²) in [6.45, 7) is 6.17. The van der Waals surface area contributed by atoms with Crippen molar-refractivity contribution in [2.24, 2.45) is 5.73 Å². The van der Waals surface area contributed by atoms with E-state index in [9.17, 15) is 0 Å². The third-order valence-corrected chi connectivity index (χ3v) is 4.16. The number of benzene rings is 1. The first kappa shape index (κ1) is 13.5. The van der Waals surface area contributed by atoms with E-state index in [-0.39, 0.29) is 0 Å². The van der Waals surface area contributed by atoms with Gasteiger partial charge in [-0.15, -0.1) is 0 Å². The number of rotatable bonds is 2. The maximum absolute atomic E-state index is 5.36. The second-order valence-electron chi connectivity index (χ2n) is 4.62. The monoisotopic (exact) mass is 260 g/mol. The highest BCUT2D eigenvalue weighted by Crippen LogP contribution is 2.19. The first-order valence-electron chi connectivity index (χ1n) is 6.40. The Bertz CT molecular complexity index is 430. The van der Waals surface area contributed by atoms with E-state index in [0.29, 0.717) is 6.54 Å². The van der Waals surface area contributed by atoms with Crippen molar-refractivity contribution in [2.45, 2.75) is 18.7 Å². The van der Waals surface area contributed by atoms with E-state index in [1.807, 2.05) is 0 Å². The van der Waals surface area contributed by atoms with Crippen LogP contribution in [-0.4, -0.2) is 35.5 Å². The standard InChI is InChI=1S/C15H20N2S/c1-13-11-17(9-10-18-13)12-15-6-4-14(5-7-15)3-2-8-16/h4-7,13H,8-12,16H2,1H3. The molecule has 0 spiro atoms. The Kier molecular flexibility index (Phi) is 5.12. The first-order valence-corrected chi connectivity index (χ1v) is 7.44. The molecule has 0 amide bonds. The zero-order valence-electron chi connectivity index (χ0n) is 10.9. The molecule has 1 atom stereocenters. The van der Waals surface area contributed by atoms with E-state index in [2.05, 4.69) is 59.7 Å². The summed E-state index contributed by atoms with van der Waals surface area (Å²) in [7, 11) is 0. The van der Waals surface area contributed by atoms with Crippen LogP contribution in [0.2, 0.25) is 0 Å². The number of nitrogens with two attached hydrogens (primary N) is 1. The molecule has 3 heteroatoms. The van der Waals surface area contributed by atoms with Crippen molar-refractivity contribution in [3.05, 3.63) is 35.4 Å². The molecule has 96 valence electrons. The van der Waals surface area contributed by atoms with E-state index < -0.39 is 0 Å². The highest BCUT2D eigenvalue weighted by Gasteiger charge is 2.16. The summed E-state index contributed by atoms with van der Waals surface area (Å²) >= 11 is 2.07. The van der Waals surface area contributed by atoms with Crippen molar-refractivity contribution in [3.8, 4) is 11.8 Å². The third kappa shape index (κ3) is 4.06. The van der Waals surface area contributed by atoms with Crippen LogP contribution in [0.5, 0.6) is 0 Å². The second kappa shape index (κ2) is 6.84. The number of thioether (sulfide) groups is 1. The van der Waals surface area contributed by atoms with E-state index in [1.165, 1.54) is 24.4 Å². The summed E-state index contributed by atoms with van der Waals surface area (Å²) in [6, 6.07) is 8.51. The average molecular weight is 260 g/mol. The van der Waals surface area contributed by atoms with Gasteiger partial charge in [0.25, 0.3) is 0 Å². The largest absolute Gasteiger partial charge is 0.320 e. The quantitative estimate of drug-likeness (QED) is 0.824. The zero-order valence-corrected chi connectivity index (χ0v) is 11.7. The smallest absolute Gasteiger partial charge is 0.0555 e. The Balaban J connectivity index is 1.93. The highest BCUT2D eigenvalue weighted by atomic mass is 32.2. The average Bonchev–Trinajstić information content (AvgIpc) is 2.38. The van der Waals surface area contributed by atoms with Crippen LogP contribution in [0.25, 0.3) is 0 Å². The minimum Gasteiger partial charge on any atom is -0.320 e. The summed E-state index contributed by atoms with van der Waals surface area (Å²) in [5.41, 5.74) is 7.78. The summed E-state index contributed by atoms with van der Waals surface area (Å²) in [4.78, 5) is 2.53. The van der Waals surface area contributed by atoms with Crippen molar-refractivity contribution in [1.82, 2.24) is 4.90 Å². The zero-order chi connectivity index (χ0) is 12.8. The Morgan fingerprint density at radius 1 is 1.39 bits per heavy atom. The molecule has 0 aliphatic carbocycles. The van der Waals surface area contributed by atoms with Crippen molar-refractivity contribution >= 4 is 11.8 Å². The van der Waals surface area contributed by atoms with Crippen molar-refractivity contribution in [3.63, 3.8) is 0 Å². The van der Waals surface area contributed by atoms with Crippen LogP contribution in [0, 0.1) is 11.8 Å². The third-order valence-electron chi connectivity index (χ3n) is 3.02. The van der Waals surface area contributed by atoms with Crippen molar-refractivity contribution < 1.29 is 0 Å². The lowest BCUT2D eigenvalue weighted by molar-refractivity contribution is 0.278. The number of hydrogen-bond donors (Lipinski definition) is 1. The maximum atomic E-state index is 5.36. The van der Waals surface area contributed by atoms with Crippen LogP contribution >= 0.6 is 11.8 Å². The van der Waals surface area contributed by atoms with Gasteiger partial charge in [-0.25, -0.2) is 0 Å². The summed E-state index contributed by atoms with van der Waals surface area (Å²) in [5, 5.41) is 0.758. The van der Waals surface area contributed by atoms with E-state index in [1.54, 1.807) is 0 Å². The molecule has 0 aromatic heterocycles. The normalized spacial score (nSPS) is 20.2. The lowest BCUT2D eigenvalue weighted by Crippen LogP contribution is -2.35. The van der Waals surface area contributed by atoms with Crippen LogP contribution < -0.4 is 5.73 Å². The fourth-order valence-electron chi connectivity index (χ4n) is 2.14. The van der Waals surface area contributed by atoms with Gasteiger partial charge in [0.2, 0.25) is 0 Å². The van der Waals surface area contributed by atoms with Gasteiger partial charge in [-0.2, -0.15) is 11.8 Å². The highest BCUT2D eigenvalue weighted by molar-refractivity contribution is 7.99. The fraction of sp³-hybridized carbons (Fsp3) is 0.467. The topological polar surface area (TPSA) is 29.3 Å². The van der Waals surface area contributed by atoms with Crippen molar-refractivity contribution in [1.29, 1.82) is 0 Å². The Morgan fingerprint density at radius 2 is 2.17 bits per heavy atom. The van der Waals surface area contributed by atoms with Gasteiger partial charge in [-0.1, -0.05) is 30.9 Å². The van der Waals surface area contributed by atoms with Crippen LogP contribution in [0.3, 0.4) is 0 Å². The van der Waals surface area contributed by atoms with Crippen LogP contribution in [0.15, 0.2) is 24.3 Å². The predicted molar refractivity (Wildman–Crippen MR) is 79.6 cm³/mol. The molecule has 0 radical (unpaired) electrons. The molecule has 1 saturated heterocycles. The molecule has 1 aromatic rings. The van der Waals surface area contributed by atoms with Gasteiger partial charge in [-0.3, -0.25) is 4.90 Å². The first-order chi connectivity index (χ1) is 8.78. The lowest BCUT2D eigenvalue weighted by Gasteiger charge is -2.30. The maximum Gasteiger partial charge on any atom is 0.0555 e. The molecule has 18 heavy (non-hydrogen) atoms. The fourth-order valence-corrected chi connectivity index (χ4v) is 3.22. The summed E-state index contributed by atoms with van der Waals surface area (Å²) < 4.78 is 0. The summed E-state index contributed by atoms with van der Waals surface area (Å²) in [5.74, 6) is 7.18. The van der Waals surface area contributed by atoms with E-state index in [0.717, 1.165) is 17.4 Å². The van der Waals surface area contributed by atoms with Gasteiger partial charge in [-0.05, 0) is 17.7 Å². The minimum atomic E-state index is 0.422. The molecule has 1 unspecified atom stereocenters. The molecule has 1 fully saturated rings. The molecule has 1 aromatic carbocycles. The summed E-state index contributed by atoms with van der Waals surface area (Å²) in [6.07, 6.45) is 0. The molecule has 1 aliphatic heterocycles. The SMILES string of the molecule is CC1CN(Cc2ccc(C#CCN)cc2)CCS1. The molecule has 1 heterocycles. The molecule has 0 saturated carbocycles. The second-order valence-corrected chi connectivity index (χ2v) is 6.17. The number of nitrogens with zero attached hydrogens (tertiary/aromatic N) is 1. The molecular formula is C15H20N2S. The van der Waals surface area contributed by atoms with E-state index in [4.69, 9.17) is 5.73 Å². The van der Waals surface area contributed by atoms with Crippen molar-refractivity contribution in [2.75, 3.05) is 25.4 Å². The Hall–Kier alpha value is -0.950. The number of hydrogen-bond acceptors (Lipinski definition) is 3. The molecule has 2 rings (SSSR count). The predicted octanol–water partition coefficient (Wildman–Crippen LogP) is 1.93. The minimum absolute atomic E-state index is 0.422. The Morgan fingerprint density at radius 3 is 2.83 bits per heavy atom. The van der Waals surface area contributed by atoms with Gasteiger partial charge >= 0.3 is 0 Å². The van der Waals surface area contributed by atoms with Gasteiger partial charge in [0, 0.05) is 36.2 Å². The van der Waals surface area contributed by atoms with Crippen LogP contribution in [0.4, 0.5) is 0 Å². The van der Waals surface area contributed by atoms with Crippen LogP contribution in [-0.2, 0) is 6.54 Å². The lowest BCUT2D eigenvalue weighted by atomic mass is 10.1. The molecule has 1 aliphatic rings. The van der Waals surface area contributed by atoms with E-state index >= 15 is 0 Å². The molecular weight excluding hydrogens is 240 g/mol. The van der Waals surface area contributed by atoms with Gasteiger partial charge in [0.1, 0.15) is 0 Å². The Labute approximate surface area is 114 Å². The van der Waals surface area contributed by atoms with Gasteiger partial charge < -0.3 is 5.73 Å². The molecule has 2 N–H and O–H groups in total. The molecule has 0 bridgehead atoms. The van der Waals surface area contributed by atoms with Crippen LogP contribution in [0.1, 0.15) is 18.1 Å². The van der Waals surface area contributed by atoms with Gasteiger partial charge in [0.05, 0.1) is 6.54 Å². The molecule has 2 nitrogen and oxygen atoms in total.